The molecule has 0 spiro atoms. The number of aliphatic hydroxyl groups is 1. The summed E-state index contributed by atoms with van der Waals surface area (Å²) in [5.74, 6) is 0.530. The third kappa shape index (κ3) is 5.20. The van der Waals surface area contributed by atoms with E-state index in [-0.39, 0.29) is 0 Å². The van der Waals surface area contributed by atoms with Crippen LogP contribution in [-0.2, 0) is 0 Å². The molecule has 0 saturated carbocycles. The van der Waals surface area contributed by atoms with Crippen LogP contribution in [0.5, 0.6) is 0 Å². The summed E-state index contributed by atoms with van der Waals surface area (Å²) >= 11 is 0. The van der Waals surface area contributed by atoms with Crippen LogP contribution < -0.4 is 0 Å². The molecular weight excluding hydrogens is 346 g/mol. The van der Waals surface area contributed by atoms with Crippen LogP contribution in [0.25, 0.3) is 16.7 Å². The predicted molar refractivity (Wildman–Crippen MR) is 116 cm³/mol. The Balaban J connectivity index is 1.73. The van der Waals surface area contributed by atoms with E-state index < -0.39 is 0 Å². The van der Waals surface area contributed by atoms with Crippen LogP contribution in [0, 0.1) is 6.92 Å². The molecule has 0 saturated heterocycles. The molecule has 0 fully saturated rings. The second-order valence-electron chi connectivity index (χ2n) is 7.78. The van der Waals surface area contributed by atoms with E-state index in [1.807, 2.05) is 29.1 Å². The van der Waals surface area contributed by atoms with Crippen molar-refractivity contribution in [3.8, 4) is 5.69 Å². The summed E-state index contributed by atoms with van der Waals surface area (Å²) in [7, 11) is 0. The Morgan fingerprint density at radius 1 is 0.893 bits per heavy atom. The summed E-state index contributed by atoms with van der Waals surface area (Å²) in [6.07, 6.45) is 9.44. The van der Waals surface area contributed by atoms with E-state index in [0.29, 0.717) is 12.5 Å². The van der Waals surface area contributed by atoms with Gasteiger partial charge in [-0.05, 0) is 61.4 Å². The zero-order valence-corrected chi connectivity index (χ0v) is 17.3. The van der Waals surface area contributed by atoms with E-state index in [2.05, 4.69) is 32.0 Å². The number of benzene rings is 2. The third-order valence-electron chi connectivity index (χ3n) is 5.58. The quantitative estimate of drug-likeness (QED) is 0.419. The summed E-state index contributed by atoms with van der Waals surface area (Å²) in [6, 6.07) is 14.7. The minimum Gasteiger partial charge on any atom is -0.396 e. The molecule has 0 radical (unpaired) electrons. The molecule has 0 aliphatic carbocycles. The average Bonchev–Trinajstić information content (AvgIpc) is 3.15. The molecule has 150 valence electrons. The van der Waals surface area contributed by atoms with Gasteiger partial charge in [-0.25, -0.2) is 0 Å². The van der Waals surface area contributed by atoms with Crippen LogP contribution in [-0.4, -0.2) is 26.7 Å². The molecular formula is C24H33N3O. The zero-order valence-electron chi connectivity index (χ0n) is 17.3. The van der Waals surface area contributed by atoms with E-state index in [4.69, 9.17) is 15.3 Å². The molecule has 28 heavy (non-hydrogen) atoms. The van der Waals surface area contributed by atoms with Crippen LogP contribution in [0.3, 0.4) is 0 Å². The van der Waals surface area contributed by atoms with Crippen molar-refractivity contribution in [2.45, 2.75) is 71.1 Å². The van der Waals surface area contributed by atoms with Gasteiger partial charge in [-0.15, -0.1) is 10.2 Å². The first-order valence-corrected chi connectivity index (χ1v) is 10.8. The predicted octanol–water partition coefficient (Wildman–Crippen LogP) is 5.95. The molecule has 4 heteroatoms. The molecule has 1 unspecified atom stereocenters. The minimum absolute atomic E-state index is 0.324. The van der Waals surface area contributed by atoms with Gasteiger partial charge < -0.3 is 5.11 Å². The number of aliphatic hydroxyl groups excluding tert-OH is 1. The first kappa shape index (κ1) is 20.5. The lowest BCUT2D eigenvalue weighted by atomic mass is 9.89. The Hall–Kier alpha value is -2.20. The van der Waals surface area contributed by atoms with E-state index in [1.165, 1.54) is 43.2 Å². The van der Waals surface area contributed by atoms with Crippen molar-refractivity contribution in [2.75, 3.05) is 6.61 Å². The first-order valence-electron chi connectivity index (χ1n) is 10.8. The van der Waals surface area contributed by atoms with Crippen molar-refractivity contribution in [3.63, 3.8) is 0 Å². The van der Waals surface area contributed by atoms with E-state index in [0.717, 1.165) is 36.0 Å². The lowest BCUT2D eigenvalue weighted by Gasteiger charge is -2.19. The Morgan fingerprint density at radius 2 is 1.54 bits per heavy atom. The lowest BCUT2D eigenvalue weighted by Crippen LogP contribution is -2.08. The van der Waals surface area contributed by atoms with Gasteiger partial charge in [-0.3, -0.25) is 0 Å². The Morgan fingerprint density at radius 3 is 2.18 bits per heavy atom. The maximum Gasteiger partial charge on any atom is 0.113 e. The fraction of sp³-hybridized carbons (Fsp3) is 0.500. The van der Waals surface area contributed by atoms with Gasteiger partial charge >= 0.3 is 0 Å². The highest BCUT2D eigenvalue weighted by Crippen LogP contribution is 2.31. The molecule has 1 aromatic heterocycles. The van der Waals surface area contributed by atoms with Crippen molar-refractivity contribution >= 4 is 11.0 Å². The molecule has 3 aromatic rings. The highest BCUT2D eigenvalue weighted by Gasteiger charge is 2.17. The molecule has 3 rings (SSSR count). The molecule has 1 heterocycles. The zero-order chi connectivity index (χ0) is 19.8. The molecule has 1 N–H and O–H groups in total. The van der Waals surface area contributed by atoms with Crippen LogP contribution in [0.2, 0.25) is 0 Å². The summed E-state index contributed by atoms with van der Waals surface area (Å²) in [4.78, 5) is 1.82. The van der Waals surface area contributed by atoms with Crippen molar-refractivity contribution < 1.29 is 5.11 Å². The van der Waals surface area contributed by atoms with Crippen molar-refractivity contribution in [3.05, 3.63) is 53.6 Å². The van der Waals surface area contributed by atoms with E-state index in [1.54, 1.807) is 0 Å². The number of hydrogen-bond acceptors (Lipinski definition) is 3. The number of nitrogens with zero attached hydrogens (tertiary/aromatic N) is 3. The topological polar surface area (TPSA) is 50.9 Å². The number of aryl methyl sites for hydroxylation is 1. The van der Waals surface area contributed by atoms with Gasteiger partial charge in [0.25, 0.3) is 0 Å². The highest BCUT2D eigenvalue weighted by molar-refractivity contribution is 5.73. The van der Waals surface area contributed by atoms with E-state index >= 15 is 0 Å². The van der Waals surface area contributed by atoms with Gasteiger partial charge in [0, 0.05) is 6.61 Å². The molecule has 0 amide bonds. The normalized spacial score (nSPS) is 12.5. The molecule has 0 bridgehead atoms. The lowest BCUT2D eigenvalue weighted by molar-refractivity contribution is 0.282. The maximum atomic E-state index is 8.87. The minimum atomic E-state index is 0.324. The van der Waals surface area contributed by atoms with Gasteiger partial charge in [-0.1, -0.05) is 63.3 Å². The number of aromatic nitrogens is 3. The molecule has 4 nitrogen and oxygen atoms in total. The average molecular weight is 380 g/mol. The van der Waals surface area contributed by atoms with E-state index in [9.17, 15) is 0 Å². The first-order chi connectivity index (χ1) is 13.7. The summed E-state index contributed by atoms with van der Waals surface area (Å²) in [5, 5.41) is 18.3. The standard InChI is InChI=1S/C24H33N3O/c1-3-20(12-8-6-4-5-7-11-17-28)21-16-15-19(2)18-24(21)27-25-22-13-9-10-14-23(22)26-27/h9-10,13-16,18,20,28H,3-8,11-12,17H2,1-2H3. The fourth-order valence-corrected chi connectivity index (χ4v) is 3.93. The second-order valence-corrected chi connectivity index (χ2v) is 7.78. The SMILES string of the molecule is CCC(CCCCCCCCO)c1ccc(C)cc1-n1nc2ccccc2n1. The van der Waals surface area contributed by atoms with Gasteiger partial charge in [0.05, 0.1) is 5.69 Å². The molecule has 0 aliphatic heterocycles. The van der Waals surface area contributed by atoms with Gasteiger partial charge in [0.1, 0.15) is 11.0 Å². The van der Waals surface area contributed by atoms with Crippen molar-refractivity contribution in [2.24, 2.45) is 0 Å². The van der Waals surface area contributed by atoms with Gasteiger partial charge in [0.15, 0.2) is 0 Å². The summed E-state index contributed by atoms with van der Waals surface area (Å²) in [5.41, 5.74) is 5.58. The summed E-state index contributed by atoms with van der Waals surface area (Å²) in [6.45, 7) is 4.73. The third-order valence-corrected chi connectivity index (χ3v) is 5.58. The largest absolute Gasteiger partial charge is 0.396 e. The van der Waals surface area contributed by atoms with Crippen LogP contribution in [0.1, 0.15) is 75.3 Å². The monoisotopic (exact) mass is 379 g/mol. The van der Waals surface area contributed by atoms with Gasteiger partial charge in [0.2, 0.25) is 0 Å². The smallest absolute Gasteiger partial charge is 0.113 e. The molecule has 1 atom stereocenters. The van der Waals surface area contributed by atoms with Crippen LogP contribution in [0.4, 0.5) is 0 Å². The number of rotatable bonds is 11. The fourth-order valence-electron chi connectivity index (χ4n) is 3.93. The van der Waals surface area contributed by atoms with Gasteiger partial charge in [-0.2, -0.15) is 4.80 Å². The van der Waals surface area contributed by atoms with Crippen LogP contribution >= 0.6 is 0 Å². The Bertz CT molecular complexity index is 838. The maximum absolute atomic E-state index is 8.87. The van der Waals surface area contributed by atoms with Crippen molar-refractivity contribution in [1.29, 1.82) is 0 Å². The molecule has 2 aromatic carbocycles. The second kappa shape index (κ2) is 10.4. The van der Waals surface area contributed by atoms with Crippen molar-refractivity contribution in [1.82, 2.24) is 15.0 Å². The number of fused-ring (bicyclic) bond motifs is 1. The Kier molecular flexibility index (Phi) is 7.61. The number of unbranched alkanes of at least 4 members (excludes halogenated alkanes) is 5. The Labute approximate surface area is 168 Å². The molecule has 0 aliphatic rings. The number of hydrogen-bond donors (Lipinski definition) is 1. The summed E-state index contributed by atoms with van der Waals surface area (Å²) < 4.78 is 0. The van der Waals surface area contributed by atoms with Crippen LogP contribution in [0.15, 0.2) is 42.5 Å². The highest BCUT2D eigenvalue weighted by atomic mass is 16.2.